The van der Waals surface area contributed by atoms with E-state index in [9.17, 15) is 0 Å². The second kappa shape index (κ2) is 16.6. The Balaban J connectivity index is 1.16. The van der Waals surface area contributed by atoms with Crippen molar-refractivity contribution < 1.29 is 0 Å². The number of rotatable bonds is 1. The lowest BCUT2D eigenvalue weighted by Gasteiger charge is -2.45. The molecule has 0 atom stereocenters. The van der Waals surface area contributed by atoms with E-state index in [0.717, 1.165) is 0 Å². The summed E-state index contributed by atoms with van der Waals surface area (Å²) in [5.74, 6) is 0. The molecule has 0 amide bonds. The maximum atomic E-state index is 2.83. The van der Waals surface area contributed by atoms with Crippen molar-refractivity contribution in [2.75, 3.05) is 0 Å². The summed E-state index contributed by atoms with van der Waals surface area (Å²) in [6, 6.07) is 58.1. The van der Waals surface area contributed by atoms with Crippen LogP contribution in [0.5, 0.6) is 0 Å². The van der Waals surface area contributed by atoms with Gasteiger partial charge in [-0.2, -0.15) is 0 Å². The minimum absolute atomic E-state index is 0.0185. The van der Waals surface area contributed by atoms with Gasteiger partial charge < -0.3 is 13.7 Å². The average Bonchev–Trinajstić information content (AvgIpc) is 1.53. The smallest absolute Gasteiger partial charge is 0.252 e. The second-order valence-electron chi connectivity index (χ2n) is 34.3. The topological polar surface area (TPSA) is 14.8 Å². The summed E-state index contributed by atoms with van der Waals surface area (Å²) < 4.78 is 8.22. The Labute approximate surface area is 516 Å². The van der Waals surface area contributed by atoms with Crippen molar-refractivity contribution >= 4 is 88.5 Å². The van der Waals surface area contributed by atoms with E-state index in [1.165, 1.54) is 171 Å². The Bertz CT molecular complexity index is 5040. The van der Waals surface area contributed by atoms with Gasteiger partial charge in [-0.25, -0.2) is 0 Å². The third kappa shape index (κ3) is 7.14. The number of aromatic nitrogens is 3. The molecule has 0 fully saturated rings. The van der Waals surface area contributed by atoms with E-state index in [0.29, 0.717) is 0 Å². The molecule has 12 aromatic rings. The first-order valence-electron chi connectivity index (χ1n) is 32.4. The first kappa shape index (κ1) is 54.8. The van der Waals surface area contributed by atoms with E-state index >= 15 is 0 Å². The van der Waals surface area contributed by atoms with E-state index in [1.54, 1.807) is 0 Å². The molecule has 3 aromatic heterocycles. The Morgan fingerprint density at radius 1 is 0.299 bits per heavy atom. The Morgan fingerprint density at radius 3 is 1.34 bits per heavy atom. The molecule has 0 bridgehead atoms. The summed E-state index contributed by atoms with van der Waals surface area (Å²) >= 11 is 0. The van der Waals surface area contributed by atoms with Crippen LogP contribution < -0.4 is 16.4 Å². The molecular formula is C83H86BN3. The predicted octanol–water partition coefficient (Wildman–Crippen LogP) is 19.9. The fourth-order valence-electron chi connectivity index (χ4n) is 16.5. The molecule has 3 aliphatic heterocycles. The molecule has 0 saturated heterocycles. The van der Waals surface area contributed by atoms with Gasteiger partial charge >= 0.3 is 0 Å². The summed E-state index contributed by atoms with van der Waals surface area (Å²) in [6.07, 6.45) is 0. The van der Waals surface area contributed by atoms with Crippen LogP contribution in [0.1, 0.15) is 207 Å². The molecule has 87 heavy (non-hydrogen) atoms. The van der Waals surface area contributed by atoms with Gasteiger partial charge in [-0.3, -0.25) is 0 Å². The zero-order valence-electron chi connectivity index (χ0n) is 55.7. The van der Waals surface area contributed by atoms with Crippen LogP contribution in [0.15, 0.2) is 140 Å². The first-order valence-corrected chi connectivity index (χ1v) is 32.4. The van der Waals surface area contributed by atoms with Crippen LogP contribution in [0.3, 0.4) is 0 Å². The highest BCUT2D eigenvalue weighted by molar-refractivity contribution is 7.00. The van der Waals surface area contributed by atoms with Crippen LogP contribution in [-0.2, 0) is 43.3 Å². The molecule has 0 saturated carbocycles. The second-order valence-corrected chi connectivity index (χ2v) is 34.3. The van der Waals surface area contributed by atoms with Crippen LogP contribution in [0.25, 0.3) is 93.6 Å². The van der Waals surface area contributed by atoms with E-state index in [4.69, 9.17) is 0 Å². The van der Waals surface area contributed by atoms with Gasteiger partial charge in [-0.15, -0.1) is 0 Å². The van der Waals surface area contributed by atoms with Gasteiger partial charge in [-0.05, 0) is 181 Å². The SMILES string of the molecule is CC(C)(C)c1ccc(-n2c3cc(C(C)(C)C)ccc3c3c4c5cc(C(C)(C)C)ccc5n5c4c(cc32)B2c3c-5ccc4c3-n3c5c2cc(C(C)(C)C)cc5c2cc(C(C)(C)C)cc(c23)C42c3cc(C(C)(C)C)ccc3-c3ccc(C(C)(C)C)cc32)cc1. The highest BCUT2D eigenvalue weighted by Crippen LogP contribution is 2.63. The summed E-state index contributed by atoms with van der Waals surface area (Å²) in [5.41, 5.74) is 32.6. The van der Waals surface area contributed by atoms with Crippen LogP contribution in [0, 0.1) is 0 Å². The minimum atomic E-state index is -0.646. The average molecular weight is 1140 g/mol. The molecule has 16 rings (SSSR count). The largest absolute Gasteiger partial charge is 0.310 e. The molecule has 9 aromatic carbocycles. The molecule has 4 heteroatoms. The minimum Gasteiger partial charge on any atom is -0.310 e. The fourth-order valence-corrected chi connectivity index (χ4v) is 16.5. The molecule has 3 nitrogen and oxygen atoms in total. The quantitative estimate of drug-likeness (QED) is 0.146. The van der Waals surface area contributed by atoms with Crippen LogP contribution in [0.2, 0.25) is 0 Å². The van der Waals surface area contributed by atoms with Crippen molar-refractivity contribution in [3.63, 3.8) is 0 Å². The molecule has 0 radical (unpaired) electrons. The Hall–Kier alpha value is -7.56. The zero-order valence-corrected chi connectivity index (χ0v) is 55.7. The van der Waals surface area contributed by atoms with Crippen molar-refractivity contribution in [3.8, 4) is 28.2 Å². The third-order valence-corrected chi connectivity index (χ3v) is 21.5. The maximum absolute atomic E-state index is 2.83. The van der Waals surface area contributed by atoms with Gasteiger partial charge in [0.1, 0.15) is 0 Å². The lowest BCUT2D eigenvalue weighted by atomic mass is 9.33. The summed E-state index contributed by atoms with van der Waals surface area (Å²) in [6.45, 7) is 50.0. The van der Waals surface area contributed by atoms with Crippen molar-refractivity contribution in [1.82, 2.24) is 13.7 Å². The van der Waals surface area contributed by atoms with E-state index in [1.807, 2.05) is 0 Å². The highest BCUT2D eigenvalue weighted by Gasteiger charge is 2.55. The zero-order chi connectivity index (χ0) is 61.5. The molecule has 0 N–H and O–H groups in total. The number of fused-ring (bicyclic) bond motifs is 18. The number of hydrogen-bond donors (Lipinski definition) is 0. The van der Waals surface area contributed by atoms with Crippen molar-refractivity contribution in [3.05, 3.63) is 201 Å². The molecule has 6 heterocycles. The summed E-state index contributed by atoms with van der Waals surface area (Å²) in [5, 5.41) is 8.05. The monoisotopic (exact) mass is 1140 g/mol. The number of nitrogens with zero attached hydrogens (tertiary/aromatic N) is 3. The fraction of sp³-hybridized carbons (Fsp3) is 0.349. The predicted molar refractivity (Wildman–Crippen MR) is 376 cm³/mol. The van der Waals surface area contributed by atoms with Crippen molar-refractivity contribution in [1.29, 1.82) is 0 Å². The molecular weight excluding hydrogens is 1050 g/mol. The normalized spacial score (nSPS) is 15.3. The van der Waals surface area contributed by atoms with Crippen LogP contribution in [-0.4, -0.2) is 20.4 Å². The van der Waals surface area contributed by atoms with E-state index < -0.39 is 5.41 Å². The highest BCUT2D eigenvalue weighted by atomic mass is 15.1. The summed E-state index contributed by atoms with van der Waals surface area (Å²) in [7, 11) is 0. The summed E-state index contributed by atoms with van der Waals surface area (Å²) in [4.78, 5) is 0. The van der Waals surface area contributed by atoms with E-state index in [2.05, 4.69) is 299 Å². The molecule has 0 unspecified atom stereocenters. The molecule has 4 aliphatic rings. The van der Waals surface area contributed by atoms with Gasteiger partial charge in [-0.1, -0.05) is 230 Å². The molecule has 1 spiro atoms. The standard InChI is InChI=1S/C83H86BN3/c1-76(2,3)45-22-28-52(29-23-45)85-67-43-49(80(13,14)15)26-32-55(67)69-68(85)44-64-75-70(69)58-36-46(77(4,5)6)27-34-65(58)86(75)66-35-33-59-74-71(66)84(64)63-42-51(82(19,20)21)38-57-56-37-50(81(16,17)18)41-62(72(56)87(74)73(57)63)83(59)60-39-47(78(7,8)9)24-30-53(60)54-31-25-48(40-61(54)83)79(10,11)12/h22-44H,1-21H3. The third-order valence-electron chi connectivity index (χ3n) is 21.5. The van der Waals surface area contributed by atoms with Crippen molar-refractivity contribution in [2.45, 2.75) is 189 Å². The van der Waals surface area contributed by atoms with Crippen LogP contribution in [0.4, 0.5) is 0 Å². The number of hydrogen-bond acceptors (Lipinski definition) is 0. The van der Waals surface area contributed by atoms with E-state index in [-0.39, 0.29) is 44.6 Å². The van der Waals surface area contributed by atoms with Crippen LogP contribution >= 0.6 is 0 Å². The van der Waals surface area contributed by atoms with Gasteiger partial charge in [0.05, 0.1) is 33.0 Å². The molecule has 436 valence electrons. The lowest BCUT2D eigenvalue weighted by molar-refractivity contribution is 0.583. The molecule has 1 aliphatic carbocycles. The van der Waals surface area contributed by atoms with Gasteiger partial charge in [0.2, 0.25) is 0 Å². The lowest BCUT2D eigenvalue weighted by Crippen LogP contribution is -2.60. The van der Waals surface area contributed by atoms with Gasteiger partial charge in [0, 0.05) is 54.9 Å². The Morgan fingerprint density at radius 2 is 0.770 bits per heavy atom. The van der Waals surface area contributed by atoms with Crippen molar-refractivity contribution in [2.24, 2.45) is 0 Å². The maximum Gasteiger partial charge on any atom is 0.252 e. The van der Waals surface area contributed by atoms with Gasteiger partial charge in [0.25, 0.3) is 6.71 Å². The Kier molecular flexibility index (Phi) is 10.4. The first-order chi connectivity index (χ1) is 40.6. The van der Waals surface area contributed by atoms with Gasteiger partial charge in [0.15, 0.2) is 0 Å². The number of benzene rings is 9.